The molecular weight excluding hydrogens is 445 g/mol. The van der Waals surface area contributed by atoms with Crippen LogP contribution in [0.2, 0.25) is 0 Å². The Morgan fingerprint density at radius 3 is 2.89 bits per heavy atom. The number of ether oxygens (including phenoxy) is 1. The summed E-state index contributed by atoms with van der Waals surface area (Å²) in [5, 5.41) is 5.79. The second kappa shape index (κ2) is 8.66. The molecule has 0 atom stereocenters. The molecule has 0 fully saturated rings. The lowest BCUT2D eigenvalue weighted by Crippen LogP contribution is -1.95. The number of halogens is 2. The number of thiazole rings is 1. The largest absolute Gasteiger partial charge is 0.494 e. The molecule has 3 heterocycles. The Kier molecular flexibility index (Phi) is 6.25. The van der Waals surface area contributed by atoms with Crippen LogP contribution in [0.5, 0.6) is 5.75 Å². The molecule has 3 aromatic heterocycles. The maximum atomic E-state index is 13.9. The molecule has 9 heteroatoms. The van der Waals surface area contributed by atoms with Crippen molar-refractivity contribution in [2.24, 2.45) is 0 Å². The number of anilines is 2. The molecule has 0 spiro atoms. The highest BCUT2D eigenvalue weighted by Gasteiger charge is 2.17. The first-order valence-electron chi connectivity index (χ1n) is 8.58. The Labute approximate surface area is 176 Å². The zero-order valence-corrected chi connectivity index (χ0v) is 17.9. The van der Waals surface area contributed by atoms with Gasteiger partial charge in [-0.05, 0) is 24.6 Å². The summed E-state index contributed by atoms with van der Waals surface area (Å²) < 4.78 is 20.8. The highest BCUT2D eigenvalue weighted by Crippen LogP contribution is 2.31. The molecule has 4 aromatic rings. The highest BCUT2D eigenvalue weighted by atomic mass is 79.9. The summed E-state index contributed by atoms with van der Waals surface area (Å²) in [6, 6.07) is 6.60. The van der Waals surface area contributed by atoms with E-state index >= 15 is 0 Å². The van der Waals surface area contributed by atoms with Crippen LogP contribution in [-0.2, 0) is 6.42 Å². The predicted molar refractivity (Wildman–Crippen MR) is 115 cm³/mol. The van der Waals surface area contributed by atoms with Gasteiger partial charge >= 0.3 is 0 Å². The van der Waals surface area contributed by atoms with E-state index in [2.05, 4.69) is 27.2 Å². The Morgan fingerprint density at radius 1 is 1.29 bits per heavy atom. The first kappa shape index (κ1) is 20.2. The third kappa shape index (κ3) is 3.85. The molecule has 146 valence electrons. The van der Waals surface area contributed by atoms with E-state index in [4.69, 9.17) is 4.74 Å². The Bertz CT molecular complexity index is 1100. The average molecular weight is 464 g/mol. The number of hydrogen-bond donors (Lipinski definition) is 1. The molecule has 0 saturated carbocycles. The SMILES string of the molecule is Br.CCCc1nc2ncccn2c1-c1csc(Nc2ccc(OC)c(F)c2)n1. The van der Waals surface area contributed by atoms with E-state index in [1.807, 2.05) is 22.0 Å². The second-order valence-corrected chi connectivity index (χ2v) is 6.82. The van der Waals surface area contributed by atoms with Crippen molar-refractivity contribution in [2.45, 2.75) is 19.8 Å². The number of hydrogen-bond acceptors (Lipinski definition) is 6. The van der Waals surface area contributed by atoms with Gasteiger partial charge in [-0.15, -0.1) is 28.3 Å². The van der Waals surface area contributed by atoms with Crippen molar-refractivity contribution in [3.05, 3.63) is 53.6 Å². The summed E-state index contributed by atoms with van der Waals surface area (Å²) in [5.41, 5.74) is 3.36. The van der Waals surface area contributed by atoms with E-state index in [0.717, 1.165) is 29.9 Å². The minimum Gasteiger partial charge on any atom is -0.494 e. The van der Waals surface area contributed by atoms with E-state index in [0.29, 0.717) is 16.6 Å². The van der Waals surface area contributed by atoms with Gasteiger partial charge in [0.25, 0.3) is 0 Å². The second-order valence-electron chi connectivity index (χ2n) is 5.96. The van der Waals surface area contributed by atoms with E-state index in [9.17, 15) is 4.39 Å². The molecule has 6 nitrogen and oxygen atoms in total. The number of methoxy groups -OCH3 is 1. The van der Waals surface area contributed by atoms with Crippen LogP contribution in [0.3, 0.4) is 0 Å². The van der Waals surface area contributed by atoms with Crippen molar-refractivity contribution in [3.8, 4) is 17.1 Å². The van der Waals surface area contributed by atoms with Crippen molar-refractivity contribution >= 4 is 44.9 Å². The monoisotopic (exact) mass is 463 g/mol. The summed E-state index contributed by atoms with van der Waals surface area (Å²) in [4.78, 5) is 13.6. The van der Waals surface area contributed by atoms with E-state index in [1.54, 1.807) is 18.3 Å². The zero-order valence-electron chi connectivity index (χ0n) is 15.3. The normalized spacial score (nSPS) is 10.7. The van der Waals surface area contributed by atoms with Crippen molar-refractivity contribution in [3.63, 3.8) is 0 Å². The molecule has 0 aliphatic rings. The van der Waals surface area contributed by atoms with Crippen LogP contribution in [0.25, 0.3) is 17.2 Å². The fraction of sp³-hybridized carbons (Fsp3) is 0.211. The maximum Gasteiger partial charge on any atom is 0.234 e. The molecule has 0 bridgehead atoms. The zero-order chi connectivity index (χ0) is 18.8. The number of aryl methyl sites for hydroxylation is 1. The van der Waals surface area contributed by atoms with Gasteiger partial charge in [0, 0.05) is 29.5 Å². The number of imidazole rings is 1. The minimum atomic E-state index is -0.419. The van der Waals surface area contributed by atoms with Crippen molar-refractivity contribution in [2.75, 3.05) is 12.4 Å². The van der Waals surface area contributed by atoms with Gasteiger partial charge in [0.15, 0.2) is 16.7 Å². The van der Waals surface area contributed by atoms with E-state index in [1.165, 1.54) is 24.5 Å². The summed E-state index contributed by atoms with van der Waals surface area (Å²) in [6.45, 7) is 2.12. The minimum absolute atomic E-state index is 0. The molecule has 0 aliphatic carbocycles. The summed E-state index contributed by atoms with van der Waals surface area (Å²) in [5.74, 6) is 0.455. The third-order valence-electron chi connectivity index (χ3n) is 4.11. The summed E-state index contributed by atoms with van der Waals surface area (Å²) in [7, 11) is 1.44. The van der Waals surface area contributed by atoms with Gasteiger partial charge in [-0.25, -0.2) is 19.3 Å². The van der Waals surface area contributed by atoms with Crippen LogP contribution in [-0.4, -0.2) is 26.5 Å². The number of rotatable bonds is 6. The van der Waals surface area contributed by atoms with Crippen LogP contribution in [0.4, 0.5) is 15.2 Å². The lowest BCUT2D eigenvalue weighted by atomic mass is 10.2. The van der Waals surface area contributed by atoms with Gasteiger partial charge in [-0.2, -0.15) is 0 Å². The fourth-order valence-electron chi connectivity index (χ4n) is 2.92. The number of aromatic nitrogens is 4. The Balaban J connectivity index is 0.00000225. The van der Waals surface area contributed by atoms with Crippen molar-refractivity contribution in [1.82, 2.24) is 19.4 Å². The molecule has 0 radical (unpaired) electrons. The van der Waals surface area contributed by atoms with Gasteiger partial charge < -0.3 is 10.1 Å². The number of nitrogens with zero attached hydrogens (tertiary/aromatic N) is 4. The lowest BCUT2D eigenvalue weighted by molar-refractivity contribution is 0.386. The Morgan fingerprint density at radius 2 is 2.14 bits per heavy atom. The van der Waals surface area contributed by atoms with Gasteiger partial charge in [-0.1, -0.05) is 13.3 Å². The van der Waals surface area contributed by atoms with Crippen LogP contribution in [0.1, 0.15) is 19.0 Å². The molecule has 4 rings (SSSR count). The molecular formula is C19H19BrFN5OS. The van der Waals surface area contributed by atoms with Crippen LogP contribution in [0.15, 0.2) is 42.0 Å². The highest BCUT2D eigenvalue weighted by molar-refractivity contribution is 8.93. The molecule has 28 heavy (non-hydrogen) atoms. The topological polar surface area (TPSA) is 64.3 Å². The van der Waals surface area contributed by atoms with Gasteiger partial charge in [0.05, 0.1) is 18.5 Å². The van der Waals surface area contributed by atoms with E-state index in [-0.39, 0.29) is 22.7 Å². The maximum absolute atomic E-state index is 13.9. The van der Waals surface area contributed by atoms with Gasteiger partial charge in [0.2, 0.25) is 5.78 Å². The predicted octanol–water partition coefficient (Wildman–Crippen LogP) is 5.27. The Hall–Kier alpha value is -2.52. The summed E-state index contributed by atoms with van der Waals surface area (Å²) >= 11 is 1.46. The quantitative estimate of drug-likeness (QED) is 0.421. The molecule has 0 saturated heterocycles. The van der Waals surface area contributed by atoms with E-state index < -0.39 is 5.82 Å². The third-order valence-corrected chi connectivity index (χ3v) is 4.87. The first-order valence-corrected chi connectivity index (χ1v) is 9.46. The molecule has 0 amide bonds. The molecule has 0 unspecified atom stereocenters. The molecule has 1 N–H and O–H groups in total. The number of fused-ring (bicyclic) bond motifs is 1. The van der Waals surface area contributed by atoms with Crippen molar-refractivity contribution < 1.29 is 9.13 Å². The lowest BCUT2D eigenvalue weighted by Gasteiger charge is -2.06. The number of benzene rings is 1. The van der Waals surface area contributed by atoms with Crippen molar-refractivity contribution in [1.29, 1.82) is 0 Å². The van der Waals surface area contributed by atoms with Crippen LogP contribution >= 0.6 is 28.3 Å². The van der Waals surface area contributed by atoms with Crippen LogP contribution < -0.4 is 10.1 Å². The smallest absolute Gasteiger partial charge is 0.234 e. The molecule has 1 aromatic carbocycles. The first-order chi connectivity index (χ1) is 13.2. The number of nitrogens with one attached hydrogen (secondary N) is 1. The standard InChI is InChI=1S/C19H18FN5OS.BrH/c1-3-5-14-17(25-9-4-8-21-18(25)23-14)15-11-27-19(24-15)22-12-6-7-16(26-2)13(20)10-12;/h4,6-11H,3,5H2,1-2H3,(H,22,24);1H. The average Bonchev–Trinajstić information content (AvgIpc) is 3.26. The fourth-order valence-corrected chi connectivity index (χ4v) is 3.64. The molecule has 0 aliphatic heterocycles. The van der Waals surface area contributed by atoms with Gasteiger partial charge in [0.1, 0.15) is 5.69 Å². The van der Waals surface area contributed by atoms with Crippen LogP contribution in [0, 0.1) is 5.82 Å². The summed E-state index contributed by atoms with van der Waals surface area (Å²) in [6.07, 6.45) is 5.50. The van der Waals surface area contributed by atoms with Gasteiger partial charge in [-0.3, -0.25) is 4.40 Å².